The van der Waals surface area contributed by atoms with Gasteiger partial charge >= 0.3 is 0 Å². The van der Waals surface area contributed by atoms with Crippen LogP contribution in [0.15, 0.2) is 54.1 Å². The minimum atomic E-state index is -1.05. The van der Waals surface area contributed by atoms with Gasteiger partial charge in [0.2, 0.25) is 17.6 Å². The largest absolute Gasteiger partial charge is 0.387 e. The van der Waals surface area contributed by atoms with Crippen molar-refractivity contribution in [3.05, 3.63) is 60.2 Å². The van der Waals surface area contributed by atoms with Crippen LogP contribution in [-0.2, 0) is 28.8 Å². The number of rotatable bonds is 17. The molecule has 2 aromatic rings. The Kier molecular flexibility index (Phi) is 13.0. The third kappa shape index (κ3) is 9.84. The maximum atomic E-state index is 15.0. The van der Waals surface area contributed by atoms with Crippen molar-refractivity contribution in [2.45, 2.75) is 135 Å². The standard InChI is InChI=1S/C44H57N5O7/c1-5-12-31(39(53)38(52)21-28-17-18-28)22-37(51)35-25-44(24-33(48-56-44)30-15-10-7-11-16-30)27-49(35)42(55)40(43(2,3)4)47-41(54)32(29-13-8-6-9-14-29)23-36(50)34-26-45-19-20-46-34/h7,10-11,15-16,19-20,26,28-29,31-32,35,40H,5-6,8-9,12-14,17-18,21-25,27H2,1-4H3,(H,47,54)/t31-,32+,35+,40-,44-/m1/s1. The van der Waals surface area contributed by atoms with Gasteiger partial charge in [-0.3, -0.25) is 33.8 Å². The molecule has 300 valence electrons. The molecular formula is C44H57N5O7. The Morgan fingerprint density at radius 1 is 0.964 bits per heavy atom. The summed E-state index contributed by atoms with van der Waals surface area (Å²) in [6.45, 7) is 7.56. The number of oxime groups is 1. The molecule has 5 atom stereocenters. The number of carbonyl (C=O) groups is 6. The molecule has 3 fully saturated rings. The summed E-state index contributed by atoms with van der Waals surface area (Å²) in [5.74, 6) is -3.59. The summed E-state index contributed by atoms with van der Waals surface area (Å²) in [5, 5.41) is 7.51. The topological polar surface area (TPSA) is 165 Å². The number of aromatic nitrogens is 2. The number of hydrogen-bond donors (Lipinski definition) is 1. The molecule has 0 bridgehead atoms. The Hall–Kier alpha value is -4.61. The fraction of sp³-hybridized carbons (Fsp3) is 0.614. The smallest absolute Gasteiger partial charge is 0.246 e. The molecule has 1 N–H and O–H groups in total. The Balaban J connectivity index is 1.27. The molecule has 2 saturated carbocycles. The molecule has 1 aromatic carbocycles. The molecule has 1 saturated heterocycles. The second-order valence-corrected chi connectivity index (χ2v) is 17.7. The lowest BCUT2D eigenvalue weighted by atomic mass is 9.76. The van der Waals surface area contributed by atoms with Crippen molar-refractivity contribution in [3.8, 4) is 0 Å². The molecule has 1 spiro atoms. The second kappa shape index (κ2) is 17.7. The lowest BCUT2D eigenvalue weighted by Crippen LogP contribution is -2.58. The van der Waals surface area contributed by atoms with E-state index >= 15 is 4.79 Å². The summed E-state index contributed by atoms with van der Waals surface area (Å²) in [6, 6.07) is 7.58. The molecule has 0 radical (unpaired) electrons. The fourth-order valence-corrected chi connectivity index (χ4v) is 8.75. The number of ketones is 4. The maximum Gasteiger partial charge on any atom is 0.246 e. The zero-order chi connectivity index (χ0) is 40.0. The lowest BCUT2D eigenvalue weighted by molar-refractivity contribution is -0.145. The molecule has 12 heteroatoms. The van der Waals surface area contributed by atoms with E-state index in [1.807, 2.05) is 58.0 Å². The van der Waals surface area contributed by atoms with Crippen LogP contribution in [0.2, 0.25) is 0 Å². The molecule has 1 aromatic heterocycles. The van der Waals surface area contributed by atoms with Gasteiger partial charge in [0.25, 0.3) is 0 Å². The van der Waals surface area contributed by atoms with E-state index in [2.05, 4.69) is 20.4 Å². The number of amides is 2. The predicted octanol–water partition coefficient (Wildman–Crippen LogP) is 6.25. The van der Waals surface area contributed by atoms with Gasteiger partial charge in [-0.25, -0.2) is 4.98 Å². The molecule has 12 nitrogen and oxygen atoms in total. The van der Waals surface area contributed by atoms with E-state index in [1.165, 1.54) is 23.5 Å². The van der Waals surface area contributed by atoms with Crippen molar-refractivity contribution >= 4 is 40.7 Å². The van der Waals surface area contributed by atoms with Crippen LogP contribution in [0.3, 0.4) is 0 Å². The Morgan fingerprint density at radius 2 is 1.70 bits per heavy atom. The first-order chi connectivity index (χ1) is 26.8. The zero-order valence-electron chi connectivity index (χ0n) is 33.3. The highest BCUT2D eigenvalue weighted by Crippen LogP contribution is 2.41. The van der Waals surface area contributed by atoms with Gasteiger partial charge in [-0.2, -0.15) is 0 Å². The lowest BCUT2D eigenvalue weighted by Gasteiger charge is -2.37. The Labute approximate surface area is 330 Å². The second-order valence-electron chi connectivity index (χ2n) is 17.7. The molecular weight excluding hydrogens is 711 g/mol. The monoisotopic (exact) mass is 767 g/mol. The first-order valence-electron chi connectivity index (χ1n) is 20.6. The van der Waals surface area contributed by atoms with E-state index in [0.29, 0.717) is 25.0 Å². The highest BCUT2D eigenvalue weighted by Gasteiger charge is 2.55. The van der Waals surface area contributed by atoms with E-state index in [4.69, 9.17) is 4.84 Å². The van der Waals surface area contributed by atoms with Gasteiger partial charge in [-0.15, -0.1) is 0 Å². The van der Waals surface area contributed by atoms with Crippen LogP contribution in [0.4, 0.5) is 0 Å². The Morgan fingerprint density at radius 3 is 2.34 bits per heavy atom. The van der Waals surface area contributed by atoms with Crippen LogP contribution < -0.4 is 5.32 Å². The number of nitrogens with one attached hydrogen (secondary N) is 1. The van der Waals surface area contributed by atoms with Crippen LogP contribution in [0, 0.1) is 29.1 Å². The van der Waals surface area contributed by atoms with E-state index in [1.54, 1.807) is 0 Å². The SMILES string of the molecule is CCC[C@H](CC(=O)[C@@H]1C[C@]2(CC(c3ccccc3)=NO2)CN1C(=O)[C@@H](NC(=O)[C@@H](CC(=O)c1cnccn1)C1CCCCC1)C(C)(C)C)C(=O)C(=O)CC1CC1. The van der Waals surface area contributed by atoms with Crippen LogP contribution in [-0.4, -0.2) is 79.8 Å². The fourth-order valence-electron chi connectivity index (χ4n) is 8.75. The number of nitrogens with zero attached hydrogens (tertiary/aromatic N) is 4. The number of benzene rings is 1. The number of carbonyl (C=O) groups excluding carboxylic acids is 6. The van der Waals surface area contributed by atoms with E-state index < -0.39 is 52.4 Å². The molecule has 3 heterocycles. The molecule has 4 aliphatic rings. The molecule has 56 heavy (non-hydrogen) atoms. The predicted molar refractivity (Wildman–Crippen MR) is 209 cm³/mol. The van der Waals surface area contributed by atoms with Gasteiger partial charge in [0.15, 0.2) is 23.0 Å². The summed E-state index contributed by atoms with van der Waals surface area (Å²) >= 11 is 0. The van der Waals surface area contributed by atoms with E-state index in [9.17, 15) is 24.0 Å². The van der Waals surface area contributed by atoms with Crippen LogP contribution in [0.5, 0.6) is 0 Å². The van der Waals surface area contributed by atoms with Crippen molar-refractivity contribution in [2.24, 2.45) is 34.2 Å². The average Bonchev–Trinajstić information content (AvgIpc) is 3.79. The molecule has 0 unspecified atom stereocenters. The van der Waals surface area contributed by atoms with Gasteiger partial charge in [0.1, 0.15) is 11.7 Å². The summed E-state index contributed by atoms with van der Waals surface area (Å²) in [6.07, 6.45) is 12.3. The summed E-state index contributed by atoms with van der Waals surface area (Å²) < 4.78 is 0. The zero-order valence-corrected chi connectivity index (χ0v) is 33.3. The number of hydrogen-bond acceptors (Lipinski definition) is 10. The minimum Gasteiger partial charge on any atom is -0.387 e. The van der Waals surface area contributed by atoms with Crippen LogP contribution in [0.25, 0.3) is 0 Å². The molecule has 2 aliphatic heterocycles. The molecule has 2 amide bonds. The van der Waals surface area contributed by atoms with E-state index in [0.717, 1.165) is 50.5 Å². The molecule has 6 rings (SSSR count). The van der Waals surface area contributed by atoms with Gasteiger partial charge in [0.05, 0.1) is 24.5 Å². The number of Topliss-reactive ketones (excluding diaryl/α,β-unsaturated/α-hetero) is 4. The first kappa shape index (κ1) is 41.0. The third-order valence-corrected chi connectivity index (χ3v) is 12.1. The van der Waals surface area contributed by atoms with Gasteiger partial charge in [-0.1, -0.05) is 88.9 Å². The van der Waals surface area contributed by atoms with Crippen molar-refractivity contribution in [2.75, 3.05) is 6.54 Å². The van der Waals surface area contributed by atoms with Crippen molar-refractivity contribution < 1.29 is 33.6 Å². The highest BCUT2D eigenvalue weighted by atomic mass is 16.7. The van der Waals surface area contributed by atoms with Crippen LogP contribution >= 0.6 is 0 Å². The van der Waals surface area contributed by atoms with Crippen molar-refractivity contribution in [1.82, 2.24) is 20.2 Å². The summed E-state index contributed by atoms with van der Waals surface area (Å²) in [5.41, 5.74) is -0.00619. The van der Waals surface area contributed by atoms with Gasteiger partial charge < -0.3 is 15.1 Å². The van der Waals surface area contributed by atoms with E-state index in [-0.39, 0.29) is 67.2 Å². The van der Waals surface area contributed by atoms with Crippen molar-refractivity contribution in [1.29, 1.82) is 0 Å². The van der Waals surface area contributed by atoms with Gasteiger partial charge in [0, 0.05) is 56.3 Å². The Bertz CT molecular complexity index is 1800. The third-order valence-electron chi connectivity index (χ3n) is 12.1. The summed E-state index contributed by atoms with van der Waals surface area (Å²) in [4.78, 5) is 99.6. The minimum absolute atomic E-state index is 0.0411. The number of likely N-dealkylation sites (tertiary alicyclic amines) is 1. The first-order valence-corrected chi connectivity index (χ1v) is 20.6. The quantitative estimate of drug-likeness (QED) is 0.145. The summed E-state index contributed by atoms with van der Waals surface area (Å²) in [7, 11) is 0. The molecule has 2 aliphatic carbocycles. The van der Waals surface area contributed by atoms with Crippen molar-refractivity contribution in [3.63, 3.8) is 0 Å². The van der Waals surface area contributed by atoms with Crippen LogP contribution in [0.1, 0.15) is 134 Å². The normalized spacial score (nSPS) is 22.8. The van der Waals surface area contributed by atoms with Gasteiger partial charge in [-0.05, 0) is 54.9 Å². The average molecular weight is 768 g/mol. The highest BCUT2D eigenvalue weighted by molar-refractivity contribution is 6.38. The maximum absolute atomic E-state index is 15.0.